The minimum atomic E-state index is 0.874. The van der Waals surface area contributed by atoms with Crippen molar-refractivity contribution in [1.29, 1.82) is 0 Å². The fourth-order valence-electron chi connectivity index (χ4n) is 6.16. The van der Waals surface area contributed by atoms with Crippen LogP contribution in [0.4, 0.5) is 0 Å². The fourth-order valence-corrected chi connectivity index (χ4v) is 6.16. The number of imidazole rings is 1. The van der Waals surface area contributed by atoms with Gasteiger partial charge in [0.1, 0.15) is 22.6 Å². The molecule has 5 heteroatoms. The van der Waals surface area contributed by atoms with Gasteiger partial charge in [-0.2, -0.15) is 0 Å². The van der Waals surface area contributed by atoms with Gasteiger partial charge in [-0.3, -0.25) is 9.13 Å². The van der Waals surface area contributed by atoms with Crippen LogP contribution in [0.5, 0.6) is 0 Å². The van der Waals surface area contributed by atoms with E-state index in [-0.39, 0.29) is 0 Å². The van der Waals surface area contributed by atoms with Crippen LogP contribution in [0.2, 0.25) is 0 Å². The number of para-hydroxylation sites is 5. The molecule has 0 radical (unpaired) electrons. The Morgan fingerprint density at radius 3 is 2.07 bits per heavy atom. The van der Waals surface area contributed by atoms with E-state index in [1.807, 2.05) is 36.5 Å². The number of fused-ring (bicyclic) bond motifs is 8. The minimum absolute atomic E-state index is 0.874. The molecule has 41 heavy (non-hydrogen) atoms. The Morgan fingerprint density at radius 2 is 1.22 bits per heavy atom. The fraction of sp³-hybridized carbons (Fsp3) is 0. The average Bonchev–Trinajstić information content (AvgIpc) is 3.71. The average molecular weight is 527 g/mol. The van der Waals surface area contributed by atoms with Gasteiger partial charge in [0.15, 0.2) is 0 Å². The van der Waals surface area contributed by atoms with Crippen LogP contribution in [-0.2, 0) is 0 Å². The zero-order chi connectivity index (χ0) is 26.9. The monoisotopic (exact) mass is 526 g/mol. The Kier molecular flexibility index (Phi) is 4.55. The van der Waals surface area contributed by atoms with E-state index in [0.717, 1.165) is 77.7 Å². The summed E-state index contributed by atoms with van der Waals surface area (Å²) in [5.74, 6) is 0.910. The first kappa shape index (κ1) is 22.2. The summed E-state index contributed by atoms with van der Waals surface area (Å²) < 4.78 is 10.9. The molecule has 9 aromatic rings. The minimum Gasteiger partial charge on any atom is -0.455 e. The van der Waals surface area contributed by atoms with E-state index in [1.165, 1.54) is 0 Å². The maximum Gasteiger partial charge on any atom is 0.149 e. The zero-order valence-corrected chi connectivity index (χ0v) is 21.9. The van der Waals surface area contributed by atoms with Crippen molar-refractivity contribution in [3.63, 3.8) is 0 Å². The highest BCUT2D eigenvalue weighted by atomic mass is 16.3. The molecule has 5 aromatic carbocycles. The molecule has 0 aliphatic rings. The SMILES string of the molecule is c1ccc(-n2c(-c3ccc(-n4c5ccccc5c5c6oc7ccccc7c6cnc54)cc3)nc3ccccc32)cc1. The summed E-state index contributed by atoms with van der Waals surface area (Å²) in [6, 6.07) is 43.9. The second-order valence-corrected chi connectivity index (χ2v) is 10.3. The van der Waals surface area contributed by atoms with Gasteiger partial charge in [0.25, 0.3) is 0 Å². The van der Waals surface area contributed by atoms with Gasteiger partial charge in [0.2, 0.25) is 0 Å². The van der Waals surface area contributed by atoms with Gasteiger partial charge >= 0.3 is 0 Å². The summed E-state index contributed by atoms with van der Waals surface area (Å²) in [6.07, 6.45) is 1.94. The van der Waals surface area contributed by atoms with Gasteiger partial charge in [-0.1, -0.05) is 66.7 Å². The van der Waals surface area contributed by atoms with Crippen LogP contribution in [0.15, 0.2) is 138 Å². The molecule has 5 nitrogen and oxygen atoms in total. The number of rotatable bonds is 3. The predicted molar refractivity (Wildman–Crippen MR) is 166 cm³/mol. The molecule has 4 heterocycles. The highest BCUT2D eigenvalue weighted by molar-refractivity contribution is 6.22. The molecule has 0 spiro atoms. The third kappa shape index (κ3) is 3.17. The molecule has 192 valence electrons. The van der Waals surface area contributed by atoms with Crippen LogP contribution in [-0.4, -0.2) is 19.1 Å². The van der Waals surface area contributed by atoms with Gasteiger partial charge in [0.05, 0.1) is 21.9 Å². The number of pyridine rings is 1. The number of aromatic nitrogens is 4. The van der Waals surface area contributed by atoms with Crippen molar-refractivity contribution in [3.8, 4) is 22.8 Å². The van der Waals surface area contributed by atoms with Gasteiger partial charge in [0, 0.05) is 39.3 Å². The first-order chi connectivity index (χ1) is 20.3. The molecule has 0 atom stereocenters. The number of benzene rings is 5. The summed E-state index contributed by atoms with van der Waals surface area (Å²) in [5.41, 5.74) is 8.93. The van der Waals surface area contributed by atoms with Gasteiger partial charge in [-0.05, 0) is 60.7 Å². The summed E-state index contributed by atoms with van der Waals surface area (Å²) in [7, 11) is 0. The van der Waals surface area contributed by atoms with Crippen molar-refractivity contribution >= 4 is 54.9 Å². The maximum absolute atomic E-state index is 6.42. The van der Waals surface area contributed by atoms with E-state index < -0.39 is 0 Å². The largest absolute Gasteiger partial charge is 0.455 e. The lowest BCUT2D eigenvalue weighted by Crippen LogP contribution is -1.98. The Labute approximate surface area is 234 Å². The molecule has 0 saturated heterocycles. The molecule has 0 aliphatic heterocycles. The van der Waals surface area contributed by atoms with Crippen LogP contribution in [0, 0.1) is 0 Å². The van der Waals surface area contributed by atoms with E-state index in [1.54, 1.807) is 0 Å². The molecule has 0 unspecified atom stereocenters. The molecule has 0 N–H and O–H groups in total. The van der Waals surface area contributed by atoms with Crippen LogP contribution in [0.25, 0.3) is 77.7 Å². The lowest BCUT2D eigenvalue weighted by atomic mass is 10.1. The molecule has 0 saturated carbocycles. The molecule has 0 fully saturated rings. The van der Waals surface area contributed by atoms with Gasteiger partial charge in [-0.15, -0.1) is 0 Å². The summed E-state index contributed by atoms with van der Waals surface area (Å²) >= 11 is 0. The Balaban J connectivity index is 1.26. The zero-order valence-electron chi connectivity index (χ0n) is 21.9. The first-order valence-electron chi connectivity index (χ1n) is 13.7. The van der Waals surface area contributed by atoms with Gasteiger partial charge in [-0.25, -0.2) is 9.97 Å². The summed E-state index contributed by atoms with van der Waals surface area (Å²) in [6.45, 7) is 0. The topological polar surface area (TPSA) is 48.8 Å². The quantitative estimate of drug-likeness (QED) is 0.231. The Morgan fingerprint density at radius 1 is 0.537 bits per heavy atom. The number of hydrogen-bond donors (Lipinski definition) is 0. The van der Waals surface area contributed by atoms with Crippen molar-refractivity contribution in [2.24, 2.45) is 0 Å². The first-order valence-corrected chi connectivity index (χ1v) is 13.7. The van der Waals surface area contributed by atoms with Crippen LogP contribution in [0.3, 0.4) is 0 Å². The number of furan rings is 1. The van der Waals surface area contributed by atoms with Crippen LogP contribution >= 0.6 is 0 Å². The summed E-state index contributed by atoms with van der Waals surface area (Å²) in [5, 5.41) is 4.27. The van der Waals surface area contributed by atoms with Crippen molar-refractivity contribution < 1.29 is 4.42 Å². The summed E-state index contributed by atoms with van der Waals surface area (Å²) in [4.78, 5) is 10.0. The van der Waals surface area contributed by atoms with E-state index in [4.69, 9.17) is 14.4 Å². The third-order valence-electron chi connectivity index (χ3n) is 7.99. The Bertz CT molecular complexity index is 2410. The second kappa shape index (κ2) is 8.41. The number of hydrogen-bond acceptors (Lipinski definition) is 3. The molecular formula is C36H22N4O. The van der Waals surface area contributed by atoms with E-state index in [0.29, 0.717) is 0 Å². The lowest BCUT2D eigenvalue weighted by molar-refractivity contribution is 0.672. The standard InChI is InChI=1S/C36H22N4O/c1-2-10-24(11-3-1)40-31-16-8-6-14-29(31)38-35(40)23-18-20-25(21-19-23)39-30-15-7-4-13-27(30)33-34-28(22-37-36(33)39)26-12-5-9-17-32(26)41-34/h1-22H. The highest BCUT2D eigenvalue weighted by Gasteiger charge is 2.20. The normalized spacial score (nSPS) is 11.9. The molecule has 0 amide bonds. The van der Waals surface area contributed by atoms with Crippen molar-refractivity contribution in [2.45, 2.75) is 0 Å². The molecule has 0 aliphatic carbocycles. The molecule has 0 bridgehead atoms. The van der Waals surface area contributed by atoms with E-state index in [9.17, 15) is 0 Å². The number of nitrogens with zero attached hydrogens (tertiary/aromatic N) is 4. The maximum atomic E-state index is 6.42. The van der Waals surface area contributed by atoms with Crippen molar-refractivity contribution in [3.05, 3.63) is 134 Å². The van der Waals surface area contributed by atoms with Crippen molar-refractivity contribution in [2.75, 3.05) is 0 Å². The molecular weight excluding hydrogens is 504 g/mol. The third-order valence-corrected chi connectivity index (χ3v) is 7.99. The lowest BCUT2D eigenvalue weighted by Gasteiger charge is -2.11. The predicted octanol–water partition coefficient (Wildman–Crippen LogP) is 9.08. The molecule has 4 aromatic heterocycles. The van der Waals surface area contributed by atoms with Crippen molar-refractivity contribution in [1.82, 2.24) is 19.1 Å². The molecule has 9 rings (SSSR count). The smallest absolute Gasteiger partial charge is 0.149 e. The van der Waals surface area contributed by atoms with Crippen LogP contribution in [0.1, 0.15) is 0 Å². The van der Waals surface area contributed by atoms with E-state index in [2.05, 4.69) is 106 Å². The van der Waals surface area contributed by atoms with Gasteiger partial charge < -0.3 is 4.42 Å². The van der Waals surface area contributed by atoms with E-state index >= 15 is 0 Å². The van der Waals surface area contributed by atoms with Crippen LogP contribution < -0.4 is 0 Å². The second-order valence-electron chi connectivity index (χ2n) is 10.3. The Hall–Kier alpha value is -5.68. The highest BCUT2D eigenvalue weighted by Crippen LogP contribution is 2.39.